The molecule has 3 aromatic heterocycles. The van der Waals surface area contributed by atoms with E-state index in [-0.39, 0.29) is 0 Å². The highest BCUT2D eigenvalue weighted by Crippen LogP contribution is 2.30. The predicted octanol–water partition coefficient (Wildman–Crippen LogP) is 4.25. The van der Waals surface area contributed by atoms with E-state index < -0.39 is 6.09 Å². The molecule has 1 aliphatic heterocycles. The van der Waals surface area contributed by atoms with Crippen molar-refractivity contribution in [3.05, 3.63) is 78.4 Å². The highest BCUT2D eigenvalue weighted by Gasteiger charge is 2.19. The van der Waals surface area contributed by atoms with Gasteiger partial charge in [0.15, 0.2) is 5.82 Å². The first-order valence-corrected chi connectivity index (χ1v) is 15.1. The fourth-order valence-electron chi connectivity index (χ4n) is 5.68. The Kier molecular flexibility index (Phi) is 9.30. The topological polar surface area (TPSA) is 114 Å². The number of benzene rings is 2. The van der Waals surface area contributed by atoms with E-state index in [0.717, 1.165) is 67.0 Å². The van der Waals surface area contributed by atoms with Crippen LogP contribution in [0.5, 0.6) is 0 Å². The van der Waals surface area contributed by atoms with Gasteiger partial charge in [-0.15, -0.1) is 0 Å². The molecule has 0 saturated carbocycles. The molecule has 44 heavy (non-hydrogen) atoms. The number of aryl methyl sites for hydroxylation is 1. The average molecular weight is 598 g/mol. The number of carbonyl (C=O) groups excluding carboxylic acids is 1. The maximum atomic E-state index is 12.7. The molecule has 6 rings (SSSR count). The molecule has 0 aliphatic carbocycles. The Labute approximate surface area is 256 Å². The van der Waals surface area contributed by atoms with Crippen LogP contribution in [-0.4, -0.2) is 99.9 Å². The molecule has 5 aromatic rings. The molecule has 12 nitrogen and oxygen atoms in total. The number of carbonyl (C=O) groups is 1. The molecular formula is C32H39N9O3. The van der Waals surface area contributed by atoms with Crippen LogP contribution in [0.2, 0.25) is 0 Å². The van der Waals surface area contributed by atoms with E-state index in [1.54, 1.807) is 17.8 Å². The summed E-state index contributed by atoms with van der Waals surface area (Å²) >= 11 is 0. The minimum Gasteiger partial charge on any atom is -0.448 e. The van der Waals surface area contributed by atoms with Crippen LogP contribution in [0, 0.1) is 0 Å². The van der Waals surface area contributed by atoms with Gasteiger partial charge in [0.05, 0.1) is 36.7 Å². The normalized spacial score (nSPS) is 14.3. The van der Waals surface area contributed by atoms with Gasteiger partial charge in [-0.3, -0.25) is 19.8 Å². The van der Waals surface area contributed by atoms with Gasteiger partial charge in [0.1, 0.15) is 18.5 Å². The lowest BCUT2D eigenvalue weighted by molar-refractivity contribution is 0.0820. The number of anilines is 3. The predicted molar refractivity (Wildman–Crippen MR) is 171 cm³/mol. The summed E-state index contributed by atoms with van der Waals surface area (Å²) < 4.78 is 14.5. The lowest BCUT2D eigenvalue weighted by atomic mass is 10.2. The zero-order chi connectivity index (χ0) is 30.3. The number of fused-ring (bicyclic) bond motifs is 2. The van der Waals surface area contributed by atoms with Gasteiger partial charge in [-0.2, -0.15) is 10.2 Å². The summed E-state index contributed by atoms with van der Waals surface area (Å²) in [6.07, 6.45) is 5.38. The summed E-state index contributed by atoms with van der Waals surface area (Å²) in [4.78, 5) is 22.0. The molecule has 1 saturated heterocycles. The molecule has 12 heteroatoms. The number of methoxy groups -OCH3 is 1. The minimum atomic E-state index is -0.477. The summed E-state index contributed by atoms with van der Waals surface area (Å²) in [5.74, 6) is 0.652. The first kappa shape index (κ1) is 29.5. The SMILES string of the molecule is CCc1c(NC(=O)OCCN2CCN(CCOC)CC2)cn2ncnc(Nc3ccc4c(cnn4Cc4ccccc4)c3)c12. The molecule has 0 spiro atoms. The Hall–Kier alpha value is -4.52. The molecule has 0 bridgehead atoms. The summed E-state index contributed by atoms with van der Waals surface area (Å²) in [6, 6.07) is 16.4. The zero-order valence-electron chi connectivity index (χ0n) is 25.3. The number of hydrogen-bond donors (Lipinski definition) is 2. The third-order valence-electron chi connectivity index (χ3n) is 8.07. The summed E-state index contributed by atoms with van der Waals surface area (Å²) in [7, 11) is 1.73. The van der Waals surface area contributed by atoms with Crippen LogP contribution in [0.25, 0.3) is 16.4 Å². The highest BCUT2D eigenvalue weighted by atomic mass is 16.5. The first-order chi connectivity index (χ1) is 21.6. The van der Waals surface area contributed by atoms with Gasteiger partial charge in [0, 0.05) is 63.0 Å². The molecule has 1 aliphatic rings. The number of piperazine rings is 1. The van der Waals surface area contributed by atoms with Crippen molar-refractivity contribution in [2.75, 3.05) is 70.2 Å². The largest absolute Gasteiger partial charge is 0.448 e. The van der Waals surface area contributed by atoms with Crippen molar-refractivity contribution >= 4 is 39.7 Å². The standard InChI is InChI=1S/C32H39N9O3/c1-3-27-28(37-32(42)44-18-16-39-13-11-38(12-14-39)15-17-43-2)22-41-30(27)31(33-23-35-41)36-26-9-10-29-25(19-26)20-34-40(29)21-24-7-5-4-6-8-24/h4-10,19-20,22-23H,3,11-18,21H2,1-2H3,(H,37,42)(H,33,35,36). The average Bonchev–Trinajstić information content (AvgIpc) is 3.61. The molecule has 0 radical (unpaired) electrons. The van der Waals surface area contributed by atoms with Crippen LogP contribution in [0.4, 0.5) is 22.0 Å². The number of nitrogens with one attached hydrogen (secondary N) is 2. The number of nitrogens with zero attached hydrogens (tertiary/aromatic N) is 7. The number of hydrogen-bond acceptors (Lipinski definition) is 9. The van der Waals surface area contributed by atoms with Gasteiger partial charge in [0.25, 0.3) is 0 Å². The van der Waals surface area contributed by atoms with E-state index in [4.69, 9.17) is 9.47 Å². The van der Waals surface area contributed by atoms with Crippen molar-refractivity contribution in [3.8, 4) is 0 Å². The van der Waals surface area contributed by atoms with Gasteiger partial charge >= 0.3 is 6.09 Å². The Morgan fingerprint density at radius 1 is 0.977 bits per heavy atom. The van der Waals surface area contributed by atoms with E-state index in [1.807, 2.05) is 42.1 Å². The van der Waals surface area contributed by atoms with Gasteiger partial charge in [-0.1, -0.05) is 37.3 Å². The Balaban J connectivity index is 1.09. The Morgan fingerprint density at radius 3 is 2.50 bits per heavy atom. The minimum absolute atomic E-state index is 0.329. The molecule has 1 amide bonds. The van der Waals surface area contributed by atoms with E-state index >= 15 is 0 Å². The lowest BCUT2D eigenvalue weighted by Crippen LogP contribution is -2.48. The van der Waals surface area contributed by atoms with Crippen molar-refractivity contribution in [1.29, 1.82) is 0 Å². The second-order valence-electron chi connectivity index (χ2n) is 10.9. The van der Waals surface area contributed by atoms with Crippen molar-refractivity contribution in [1.82, 2.24) is 34.2 Å². The number of aromatic nitrogens is 5. The van der Waals surface area contributed by atoms with Crippen molar-refractivity contribution in [2.45, 2.75) is 19.9 Å². The maximum absolute atomic E-state index is 12.7. The van der Waals surface area contributed by atoms with Crippen LogP contribution in [-0.2, 0) is 22.4 Å². The highest BCUT2D eigenvalue weighted by molar-refractivity contribution is 5.91. The van der Waals surface area contributed by atoms with Crippen molar-refractivity contribution in [2.24, 2.45) is 0 Å². The fraction of sp³-hybridized carbons (Fsp3) is 0.375. The van der Waals surface area contributed by atoms with Crippen LogP contribution in [0.3, 0.4) is 0 Å². The molecule has 2 N–H and O–H groups in total. The third-order valence-corrected chi connectivity index (χ3v) is 8.07. The maximum Gasteiger partial charge on any atom is 0.411 e. The van der Waals surface area contributed by atoms with E-state index in [9.17, 15) is 4.79 Å². The Bertz CT molecular complexity index is 1690. The third kappa shape index (κ3) is 6.83. The van der Waals surface area contributed by atoms with Gasteiger partial charge in [-0.25, -0.2) is 14.3 Å². The molecule has 2 aromatic carbocycles. The van der Waals surface area contributed by atoms with Crippen LogP contribution in [0.1, 0.15) is 18.1 Å². The molecule has 0 atom stereocenters. The number of rotatable bonds is 12. The summed E-state index contributed by atoms with van der Waals surface area (Å²) in [5.41, 5.74) is 5.52. The second kappa shape index (κ2) is 13.8. The smallest absolute Gasteiger partial charge is 0.411 e. The van der Waals surface area contributed by atoms with E-state index in [0.29, 0.717) is 37.6 Å². The summed E-state index contributed by atoms with van der Waals surface area (Å²) in [6.45, 7) is 9.39. The van der Waals surface area contributed by atoms with Gasteiger partial charge < -0.3 is 14.8 Å². The quantitative estimate of drug-likeness (QED) is 0.218. The van der Waals surface area contributed by atoms with E-state index in [2.05, 4.69) is 59.9 Å². The van der Waals surface area contributed by atoms with Gasteiger partial charge in [-0.05, 0) is 30.2 Å². The van der Waals surface area contributed by atoms with Crippen LogP contribution < -0.4 is 10.6 Å². The number of ether oxygens (including phenoxy) is 2. The van der Waals surface area contributed by atoms with Gasteiger partial charge in [0.2, 0.25) is 0 Å². The fourth-order valence-corrected chi connectivity index (χ4v) is 5.68. The molecule has 1 fully saturated rings. The molecular weight excluding hydrogens is 558 g/mol. The van der Waals surface area contributed by atoms with Crippen molar-refractivity contribution in [3.63, 3.8) is 0 Å². The summed E-state index contributed by atoms with van der Waals surface area (Å²) in [5, 5.41) is 16.4. The van der Waals surface area contributed by atoms with Crippen LogP contribution in [0.15, 0.2) is 67.3 Å². The second-order valence-corrected chi connectivity index (χ2v) is 10.9. The molecule has 4 heterocycles. The van der Waals surface area contributed by atoms with Crippen molar-refractivity contribution < 1.29 is 14.3 Å². The Morgan fingerprint density at radius 2 is 1.75 bits per heavy atom. The number of amides is 1. The van der Waals surface area contributed by atoms with E-state index in [1.165, 1.54) is 11.9 Å². The van der Waals surface area contributed by atoms with Crippen LogP contribution >= 0.6 is 0 Å². The first-order valence-electron chi connectivity index (χ1n) is 15.1. The molecule has 230 valence electrons. The lowest BCUT2D eigenvalue weighted by Gasteiger charge is -2.34. The molecule has 0 unspecified atom stereocenters. The monoisotopic (exact) mass is 597 g/mol. The zero-order valence-corrected chi connectivity index (χ0v) is 25.3.